The maximum Gasteiger partial charge on any atom is 0.221 e. The van der Waals surface area contributed by atoms with E-state index in [-0.39, 0.29) is 11.7 Å². The molecule has 6 heteroatoms. The van der Waals surface area contributed by atoms with Gasteiger partial charge in [-0.25, -0.2) is 0 Å². The van der Waals surface area contributed by atoms with Crippen molar-refractivity contribution in [2.45, 2.75) is 44.4 Å². The summed E-state index contributed by atoms with van der Waals surface area (Å²) in [5.41, 5.74) is 1.60. The first-order chi connectivity index (χ1) is 10.6. The molecule has 1 aliphatic heterocycles. The number of hydrogen-bond acceptors (Lipinski definition) is 4. The zero-order valence-corrected chi connectivity index (χ0v) is 13.4. The molecular weight excluding hydrogens is 304 g/mol. The Kier molecular flexibility index (Phi) is 4.57. The highest BCUT2D eigenvalue weighted by atomic mass is 35.5. The number of anilines is 2. The highest BCUT2D eigenvalue weighted by Gasteiger charge is 2.40. The first-order valence-electron chi connectivity index (χ1n) is 7.68. The lowest BCUT2D eigenvalue weighted by Gasteiger charge is -2.36. The van der Waals surface area contributed by atoms with E-state index >= 15 is 0 Å². The molecule has 0 bridgehead atoms. The summed E-state index contributed by atoms with van der Waals surface area (Å²) in [5.74, 6) is -0.442. The van der Waals surface area contributed by atoms with Gasteiger partial charge in [0.2, 0.25) is 5.91 Å². The second-order valence-electron chi connectivity index (χ2n) is 5.90. The van der Waals surface area contributed by atoms with Crippen LogP contribution in [0.15, 0.2) is 18.2 Å². The summed E-state index contributed by atoms with van der Waals surface area (Å²) in [4.78, 5) is 11.1. The van der Waals surface area contributed by atoms with E-state index in [1.807, 2.05) is 12.1 Å². The molecule has 0 atom stereocenters. The quantitative estimate of drug-likeness (QED) is 0.894. The Hall–Kier alpha value is -1.30. The lowest BCUT2D eigenvalue weighted by atomic mass is 9.90. The van der Waals surface area contributed by atoms with Gasteiger partial charge in [-0.2, -0.15) is 0 Å². The minimum absolute atomic E-state index is 0.106. The second kappa shape index (κ2) is 6.44. The molecule has 0 radical (unpaired) electrons. The Bertz CT molecular complexity index is 548. The summed E-state index contributed by atoms with van der Waals surface area (Å²) in [6.45, 7) is 2.88. The van der Waals surface area contributed by atoms with Crippen LogP contribution in [0.1, 0.15) is 32.6 Å². The lowest BCUT2D eigenvalue weighted by molar-refractivity contribution is -0.177. The van der Waals surface area contributed by atoms with Crippen molar-refractivity contribution in [3.05, 3.63) is 23.2 Å². The van der Waals surface area contributed by atoms with E-state index in [1.54, 1.807) is 6.07 Å². The number of benzene rings is 1. The third-order valence-corrected chi connectivity index (χ3v) is 4.52. The molecule has 3 rings (SSSR count). The van der Waals surface area contributed by atoms with Gasteiger partial charge in [-0.15, -0.1) is 0 Å². The molecule has 1 amide bonds. The molecule has 2 N–H and O–H groups in total. The maximum absolute atomic E-state index is 11.1. The number of nitrogens with one attached hydrogen (secondary N) is 2. The second-order valence-corrected chi connectivity index (χ2v) is 6.31. The molecule has 0 aromatic heterocycles. The van der Waals surface area contributed by atoms with E-state index in [9.17, 15) is 4.79 Å². The van der Waals surface area contributed by atoms with Crippen LogP contribution < -0.4 is 10.6 Å². The third kappa shape index (κ3) is 3.54. The molecule has 1 aromatic rings. The van der Waals surface area contributed by atoms with Crippen molar-refractivity contribution in [2.75, 3.05) is 23.8 Å². The van der Waals surface area contributed by atoms with Gasteiger partial charge >= 0.3 is 0 Å². The summed E-state index contributed by atoms with van der Waals surface area (Å²) in [5, 5.41) is 6.82. The van der Waals surface area contributed by atoms with Crippen LogP contribution in [-0.4, -0.2) is 30.9 Å². The van der Waals surface area contributed by atoms with Crippen LogP contribution in [0.25, 0.3) is 0 Å². The first-order valence-corrected chi connectivity index (χ1v) is 8.06. The van der Waals surface area contributed by atoms with Crippen LogP contribution in [-0.2, 0) is 14.3 Å². The number of rotatable bonds is 3. The van der Waals surface area contributed by atoms with E-state index in [0.717, 1.165) is 31.4 Å². The molecular formula is C16H21ClN2O3. The highest BCUT2D eigenvalue weighted by Crippen LogP contribution is 2.37. The predicted molar refractivity (Wildman–Crippen MR) is 86.3 cm³/mol. The van der Waals surface area contributed by atoms with Gasteiger partial charge in [-0.1, -0.05) is 11.6 Å². The van der Waals surface area contributed by atoms with Crippen molar-refractivity contribution in [2.24, 2.45) is 0 Å². The Morgan fingerprint density at radius 2 is 1.95 bits per heavy atom. The Morgan fingerprint density at radius 1 is 1.27 bits per heavy atom. The molecule has 0 unspecified atom stereocenters. The average molecular weight is 325 g/mol. The molecule has 22 heavy (non-hydrogen) atoms. The smallest absolute Gasteiger partial charge is 0.221 e. The van der Waals surface area contributed by atoms with Crippen molar-refractivity contribution in [1.29, 1.82) is 0 Å². The van der Waals surface area contributed by atoms with Crippen molar-refractivity contribution < 1.29 is 14.3 Å². The van der Waals surface area contributed by atoms with Crippen molar-refractivity contribution >= 4 is 28.9 Å². The molecule has 2 fully saturated rings. The minimum Gasteiger partial charge on any atom is -0.381 e. The summed E-state index contributed by atoms with van der Waals surface area (Å²) in [7, 11) is 0. The Balaban J connectivity index is 1.58. The first kappa shape index (κ1) is 15.6. The SMILES string of the molecule is CC(=O)Nc1ccc(NC2CCC3(CC2)OCCO3)c(Cl)c1. The predicted octanol–water partition coefficient (Wildman–Crippen LogP) is 3.40. The van der Waals surface area contributed by atoms with Crippen molar-refractivity contribution in [3.8, 4) is 0 Å². The molecule has 5 nitrogen and oxygen atoms in total. The maximum atomic E-state index is 11.1. The zero-order valence-electron chi connectivity index (χ0n) is 12.7. The van der Waals surface area contributed by atoms with Crippen molar-refractivity contribution in [1.82, 2.24) is 0 Å². The molecule has 1 spiro atoms. The molecule has 1 heterocycles. The highest BCUT2D eigenvalue weighted by molar-refractivity contribution is 6.33. The molecule has 2 aliphatic rings. The van der Waals surface area contributed by atoms with Gasteiger partial charge in [0.25, 0.3) is 0 Å². The monoisotopic (exact) mass is 324 g/mol. The van der Waals surface area contributed by atoms with Crippen molar-refractivity contribution in [3.63, 3.8) is 0 Å². The van der Waals surface area contributed by atoms with E-state index < -0.39 is 0 Å². The molecule has 1 aliphatic carbocycles. The van der Waals surface area contributed by atoms with Crippen LogP contribution in [0.3, 0.4) is 0 Å². The number of carbonyl (C=O) groups is 1. The summed E-state index contributed by atoms with van der Waals surface area (Å²) >= 11 is 6.29. The largest absolute Gasteiger partial charge is 0.381 e. The van der Waals surface area contributed by atoms with Crippen LogP contribution in [0.4, 0.5) is 11.4 Å². The fourth-order valence-corrected chi connectivity index (χ4v) is 3.36. The molecule has 1 saturated heterocycles. The molecule has 1 aromatic carbocycles. The molecule has 120 valence electrons. The van der Waals surface area contributed by atoms with Crippen LogP contribution in [0.5, 0.6) is 0 Å². The molecule has 1 saturated carbocycles. The number of hydrogen-bond donors (Lipinski definition) is 2. The Morgan fingerprint density at radius 3 is 2.55 bits per heavy atom. The summed E-state index contributed by atoms with van der Waals surface area (Å²) in [6.07, 6.45) is 3.80. The minimum atomic E-state index is -0.336. The topological polar surface area (TPSA) is 59.6 Å². The normalized spacial score (nSPS) is 21.0. The van der Waals surface area contributed by atoms with E-state index in [0.29, 0.717) is 30.0 Å². The summed E-state index contributed by atoms with van der Waals surface area (Å²) in [6, 6.07) is 5.88. The van der Waals surface area contributed by atoms with Crippen LogP contribution in [0.2, 0.25) is 5.02 Å². The van der Waals surface area contributed by atoms with E-state index in [2.05, 4.69) is 10.6 Å². The van der Waals surface area contributed by atoms with Gasteiger partial charge in [0.05, 0.1) is 23.9 Å². The number of halogens is 1. The number of amides is 1. The number of carbonyl (C=O) groups excluding carboxylic acids is 1. The van der Waals surface area contributed by atoms with Gasteiger partial charge in [-0.05, 0) is 31.0 Å². The summed E-state index contributed by atoms with van der Waals surface area (Å²) < 4.78 is 11.5. The fourth-order valence-electron chi connectivity index (χ4n) is 3.12. The van der Waals surface area contributed by atoms with Crippen LogP contribution in [0, 0.1) is 0 Å². The number of ether oxygens (including phenoxy) is 2. The zero-order chi connectivity index (χ0) is 15.6. The van der Waals surface area contributed by atoms with Crippen LogP contribution >= 0.6 is 11.6 Å². The van der Waals surface area contributed by atoms with E-state index in [1.165, 1.54) is 6.92 Å². The van der Waals surface area contributed by atoms with Gasteiger partial charge in [0, 0.05) is 31.5 Å². The van der Waals surface area contributed by atoms with Gasteiger partial charge in [-0.3, -0.25) is 4.79 Å². The third-order valence-electron chi connectivity index (χ3n) is 4.21. The van der Waals surface area contributed by atoms with Gasteiger partial charge < -0.3 is 20.1 Å². The van der Waals surface area contributed by atoms with Gasteiger partial charge in [0.15, 0.2) is 5.79 Å². The van der Waals surface area contributed by atoms with E-state index in [4.69, 9.17) is 21.1 Å². The van der Waals surface area contributed by atoms with Gasteiger partial charge in [0.1, 0.15) is 0 Å². The fraction of sp³-hybridized carbons (Fsp3) is 0.562. The average Bonchev–Trinajstić information content (AvgIpc) is 2.92. The Labute approximate surface area is 135 Å². The standard InChI is InChI=1S/C16H21ClN2O3/c1-11(20)18-13-2-3-15(14(17)10-13)19-12-4-6-16(7-5-12)21-8-9-22-16/h2-3,10,12,19H,4-9H2,1H3,(H,18,20). The lowest BCUT2D eigenvalue weighted by Crippen LogP contribution is -2.39.